The fourth-order valence-electron chi connectivity index (χ4n) is 2.76. The summed E-state index contributed by atoms with van der Waals surface area (Å²) < 4.78 is 5.53. The molecule has 2 rings (SSSR count). The summed E-state index contributed by atoms with van der Waals surface area (Å²) in [6.07, 6.45) is 0.387. The molecule has 0 aliphatic rings. The third-order valence-corrected chi connectivity index (χ3v) is 4.14. The van der Waals surface area contributed by atoms with Crippen molar-refractivity contribution in [3.63, 3.8) is 0 Å². The molecule has 0 heterocycles. The van der Waals surface area contributed by atoms with Crippen molar-refractivity contribution in [2.24, 2.45) is 0 Å². The van der Waals surface area contributed by atoms with E-state index in [1.807, 2.05) is 31.2 Å². The molecule has 5 heteroatoms. The van der Waals surface area contributed by atoms with Crippen molar-refractivity contribution in [2.75, 3.05) is 41.8 Å². The molecule has 0 saturated carbocycles. The number of carbonyl (C=O) groups excluding carboxylic acids is 1. The molecule has 2 aromatic carbocycles. The lowest BCUT2D eigenvalue weighted by atomic mass is 10.2. The molecule has 26 heavy (non-hydrogen) atoms. The first kappa shape index (κ1) is 19.6. The number of nitrogens with one attached hydrogen (secondary N) is 2. The molecular weight excluding hydrogens is 326 g/mol. The van der Waals surface area contributed by atoms with Gasteiger partial charge < -0.3 is 20.3 Å². The molecule has 0 atom stereocenters. The first-order valence-corrected chi connectivity index (χ1v) is 9.28. The Balaban J connectivity index is 1.81. The average Bonchev–Trinajstić information content (AvgIpc) is 2.66. The largest absolute Gasteiger partial charge is 0.492 e. The summed E-state index contributed by atoms with van der Waals surface area (Å²) in [6.45, 7) is 9.36. The summed E-state index contributed by atoms with van der Waals surface area (Å²) in [7, 11) is 0. The molecule has 140 valence electrons. The van der Waals surface area contributed by atoms with E-state index in [9.17, 15) is 4.79 Å². The maximum atomic E-state index is 12.2. The van der Waals surface area contributed by atoms with E-state index in [0.29, 0.717) is 31.0 Å². The van der Waals surface area contributed by atoms with Crippen molar-refractivity contribution >= 4 is 23.0 Å². The lowest BCUT2D eigenvalue weighted by Gasteiger charge is -2.21. The van der Waals surface area contributed by atoms with Crippen LogP contribution in [0.4, 0.5) is 17.1 Å². The van der Waals surface area contributed by atoms with Crippen molar-refractivity contribution in [3.05, 3.63) is 48.5 Å². The highest BCUT2D eigenvalue weighted by atomic mass is 16.5. The molecule has 0 saturated heterocycles. The second kappa shape index (κ2) is 10.3. The predicted molar refractivity (Wildman–Crippen MR) is 109 cm³/mol. The van der Waals surface area contributed by atoms with E-state index >= 15 is 0 Å². The summed E-state index contributed by atoms with van der Waals surface area (Å²) in [5.74, 6) is 0.660. The lowest BCUT2D eigenvalue weighted by Crippen LogP contribution is -2.21. The van der Waals surface area contributed by atoms with Crippen LogP contribution in [0.25, 0.3) is 0 Å². The summed E-state index contributed by atoms with van der Waals surface area (Å²) in [5.41, 5.74) is 2.94. The van der Waals surface area contributed by atoms with Gasteiger partial charge in [-0.2, -0.15) is 0 Å². The molecule has 2 N–H and O–H groups in total. The van der Waals surface area contributed by atoms with E-state index in [0.717, 1.165) is 18.8 Å². The van der Waals surface area contributed by atoms with Crippen LogP contribution in [0.1, 0.15) is 27.2 Å². The van der Waals surface area contributed by atoms with Gasteiger partial charge >= 0.3 is 0 Å². The van der Waals surface area contributed by atoms with Gasteiger partial charge in [0.2, 0.25) is 5.91 Å². The molecule has 1 amide bonds. The Kier molecular flexibility index (Phi) is 7.80. The van der Waals surface area contributed by atoms with Gasteiger partial charge in [0.25, 0.3) is 0 Å². The number of benzene rings is 2. The highest BCUT2D eigenvalue weighted by molar-refractivity contribution is 5.92. The molecule has 0 aliphatic carbocycles. The maximum absolute atomic E-state index is 12.2. The third-order valence-electron chi connectivity index (χ3n) is 4.14. The molecule has 0 bridgehead atoms. The fraction of sp³-hybridized carbons (Fsp3) is 0.381. The highest BCUT2D eigenvalue weighted by Gasteiger charge is 2.07. The summed E-state index contributed by atoms with van der Waals surface area (Å²) in [4.78, 5) is 14.5. The number of carbonyl (C=O) groups is 1. The second-order valence-corrected chi connectivity index (χ2v) is 5.87. The van der Waals surface area contributed by atoms with E-state index in [1.54, 1.807) is 0 Å². The van der Waals surface area contributed by atoms with Crippen LogP contribution in [-0.2, 0) is 4.79 Å². The SMILES string of the molecule is CCOc1ccccc1NC(=O)CCNc1ccc(N(CC)CC)cc1. The number of amides is 1. The number of nitrogens with zero attached hydrogens (tertiary/aromatic N) is 1. The topological polar surface area (TPSA) is 53.6 Å². The molecule has 0 unspecified atom stereocenters. The Morgan fingerprint density at radius 1 is 1.00 bits per heavy atom. The minimum atomic E-state index is -0.0376. The number of anilines is 3. The lowest BCUT2D eigenvalue weighted by molar-refractivity contribution is -0.116. The van der Waals surface area contributed by atoms with Crippen LogP contribution in [0.5, 0.6) is 5.75 Å². The van der Waals surface area contributed by atoms with Crippen LogP contribution in [-0.4, -0.2) is 32.1 Å². The maximum Gasteiger partial charge on any atom is 0.226 e. The van der Waals surface area contributed by atoms with Crippen LogP contribution >= 0.6 is 0 Å². The van der Waals surface area contributed by atoms with Crippen LogP contribution < -0.4 is 20.3 Å². The van der Waals surface area contributed by atoms with Gasteiger partial charge in [-0.25, -0.2) is 0 Å². The summed E-state index contributed by atoms with van der Waals surface area (Å²) in [5, 5.41) is 6.20. The first-order chi connectivity index (χ1) is 12.7. The predicted octanol–water partition coefficient (Wildman–Crippen LogP) is 4.37. The summed E-state index contributed by atoms with van der Waals surface area (Å²) in [6, 6.07) is 15.8. The van der Waals surface area contributed by atoms with Gasteiger partial charge in [0, 0.05) is 37.4 Å². The van der Waals surface area contributed by atoms with Crippen molar-refractivity contribution in [1.82, 2.24) is 0 Å². The van der Waals surface area contributed by atoms with Crippen LogP contribution in [0, 0.1) is 0 Å². The smallest absolute Gasteiger partial charge is 0.226 e. The molecule has 0 fully saturated rings. The monoisotopic (exact) mass is 355 g/mol. The molecule has 0 aliphatic heterocycles. The number of rotatable bonds is 10. The molecule has 2 aromatic rings. The van der Waals surface area contributed by atoms with E-state index in [4.69, 9.17) is 4.74 Å². The third kappa shape index (κ3) is 5.69. The van der Waals surface area contributed by atoms with E-state index in [2.05, 4.69) is 53.6 Å². The molecule has 0 aromatic heterocycles. The van der Waals surface area contributed by atoms with Gasteiger partial charge in [0.15, 0.2) is 0 Å². The van der Waals surface area contributed by atoms with Crippen LogP contribution in [0.3, 0.4) is 0 Å². The Labute approximate surface area is 156 Å². The van der Waals surface area contributed by atoms with Crippen LogP contribution in [0.15, 0.2) is 48.5 Å². The minimum Gasteiger partial charge on any atom is -0.492 e. The van der Waals surface area contributed by atoms with Gasteiger partial charge in [-0.05, 0) is 57.2 Å². The van der Waals surface area contributed by atoms with Gasteiger partial charge in [-0.15, -0.1) is 0 Å². The van der Waals surface area contributed by atoms with E-state index in [1.165, 1.54) is 5.69 Å². The molecule has 0 spiro atoms. The second-order valence-electron chi connectivity index (χ2n) is 5.87. The zero-order valence-electron chi connectivity index (χ0n) is 15.9. The molecule has 0 radical (unpaired) electrons. The number of hydrogen-bond donors (Lipinski definition) is 2. The van der Waals surface area contributed by atoms with E-state index in [-0.39, 0.29) is 5.91 Å². The van der Waals surface area contributed by atoms with Gasteiger partial charge in [-0.3, -0.25) is 4.79 Å². The Bertz CT molecular complexity index is 682. The standard InChI is InChI=1S/C21H29N3O2/c1-4-24(5-2)18-13-11-17(12-14-18)22-16-15-21(25)23-19-9-7-8-10-20(19)26-6-3/h7-14,22H,4-6,15-16H2,1-3H3,(H,23,25). The summed E-state index contributed by atoms with van der Waals surface area (Å²) >= 11 is 0. The van der Waals surface area contributed by atoms with Crippen molar-refractivity contribution in [2.45, 2.75) is 27.2 Å². The minimum absolute atomic E-state index is 0.0376. The Morgan fingerprint density at radius 3 is 2.35 bits per heavy atom. The van der Waals surface area contributed by atoms with Gasteiger partial charge in [-0.1, -0.05) is 12.1 Å². The number of hydrogen-bond acceptors (Lipinski definition) is 4. The zero-order chi connectivity index (χ0) is 18.8. The van der Waals surface area contributed by atoms with E-state index < -0.39 is 0 Å². The highest BCUT2D eigenvalue weighted by Crippen LogP contribution is 2.23. The number of ether oxygens (including phenoxy) is 1. The Morgan fingerprint density at radius 2 is 1.69 bits per heavy atom. The van der Waals surface area contributed by atoms with Gasteiger partial charge in [0.05, 0.1) is 12.3 Å². The van der Waals surface area contributed by atoms with Crippen LogP contribution in [0.2, 0.25) is 0 Å². The Hall–Kier alpha value is -2.69. The number of para-hydroxylation sites is 2. The average molecular weight is 355 g/mol. The van der Waals surface area contributed by atoms with Crippen molar-refractivity contribution in [1.29, 1.82) is 0 Å². The fourth-order valence-corrected chi connectivity index (χ4v) is 2.76. The normalized spacial score (nSPS) is 10.3. The molecular formula is C21H29N3O2. The molecule has 5 nitrogen and oxygen atoms in total. The van der Waals surface area contributed by atoms with Crippen molar-refractivity contribution in [3.8, 4) is 5.75 Å². The zero-order valence-corrected chi connectivity index (χ0v) is 15.9. The van der Waals surface area contributed by atoms with Crippen molar-refractivity contribution < 1.29 is 9.53 Å². The first-order valence-electron chi connectivity index (χ1n) is 9.28. The quantitative estimate of drug-likeness (QED) is 0.664. The van der Waals surface area contributed by atoms with Gasteiger partial charge in [0.1, 0.15) is 5.75 Å².